The van der Waals surface area contributed by atoms with Crippen LogP contribution in [-0.2, 0) is 9.84 Å². The monoisotopic (exact) mass is 206 g/mol. The van der Waals surface area contributed by atoms with Crippen LogP contribution in [0, 0.1) is 0 Å². The predicted molar refractivity (Wildman–Crippen MR) is 48.4 cm³/mol. The lowest BCUT2D eigenvalue weighted by molar-refractivity contribution is -0.913. The highest BCUT2D eigenvalue weighted by Crippen LogP contribution is 2.11. The van der Waals surface area contributed by atoms with E-state index in [4.69, 9.17) is 0 Å². The Balaban J connectivity index is 2.08. The molecule has 0 aliphatic carbocycles. The van der Waals surface area contributed by atoms with Gasteiger partial charge in [-0.2, -0.15) is 0 Å². The maximum Gasteiger partial charge on any atom is 0.159 e. The first-order valence-corrected chi connectivity index (χ1v) is 6.64. The van der Waals surface area contributed by atoms with Gasteiger partial charge in [0.05, 0.1) is 18.8 Å². The third kappa shape index (κ3) is 1.87. The van der Waals surface area contributed by atoms with Gasteiger partial charge in [-0.1, -0.05) is 0 Å². The Kier molecular flexibility index (Phi) is 2.33. The van der Waals surface area contributed by atoms with E-state index < -0.39 is 15.9 Å². The van der Waals surface area contributed by atoms with Crippen LogP contribution in [0.15, 0.2) is 0 Å². The maximum atomic E-state index is 11.2. The number of hydrogen-bond acceptors (Lipinski definition) is 3. The summed E-state index contributed by atoms with van der Waals surface area (Å²) in [5, 5.41) is 9.58. The van der Waals surface area contributed by atoms with E-state index >= 15 is 0 Å². The SMILES string of the molecule is O=S1(=O)C[C@@H]([NH+]2CCCC2)[C@@H](O)C1. The molecule has 2 N–H and O–H groups in total. The number of rotatable bonds is 1. The van der Waals surface area contributed by atoms with E-state index in [1.165, 1.54) is 17.7 Å². The molecule has 4 nitrogen and oxygen atoms in total. The average Bonchev–Trinajstić information content (AvgIpc) is 2.56. The molecule has 0 spiro atoms. The van der Waals surface area contributed by atoms with Crippen LogP contribution in [0.4, 0.5) is 0 Å². The van der Waals surface area contributed by atoms with Crippen LogP contribution in [0.3, 0.4) is 0 Å². The Morgan fingerprint density at radius 1 is 1.15 bits per heavy atom. The minimum atomic E-state index is -2.95. The average molecular weight is 206 g/mol. The first-order valence-electron chi connectivity index (χ1n) is 4.81. The highest BCUT2D eigenvalue weighted by molar-refractivity contribution is 7.91. The number of aliphatic hydroxyl groups excluding tert-OH is 1. The number of quaternary nitrogens is 1. The molecule has 2 aliphatic heterocycles. The summed E-state index contributed by atoms with van der Waals surface area (Å²) in [6.45, 7) is 2.05. The molecule has 76 valence electrons. The number of likely N-dealkylation sites (tertiary alicyclic amines) is 1. The van der Waals surface area contributed by atoms with Gasteiger partial charge in [-0.05, 0) is 0 Å². The molecule has 2 heterocycles. The van der Waals surface area contributed by atoms with Gasteiger partial charge in [-0.15, -0.1) is 0 Å². The summed E-state index contributed by atoms with van der Waals surface area (Å²) in [6, 6.07) is -0.0486. The van der Waals surface area contributed by atoms with Crippen LogP contribution in [-0.4, -0.2) is 50.3 Å². The van der Waals surface area contributed by atoms with Crippen molar-refractivity contribution in [1.82, 2.24) is 0 Å². The van der Waals surface area contributed by atoms with Gasteiger partial charge in [0.1, 0.15) is 17.9 Å². The Hall–Kier alpha value is -0.130. The van der Waals surface area contributed by atoms with Crippen molar-refractivity contribution in [3.05, 3.63) is 0 Å². The molecule has 0 aromatic rings. The summed E-state index contributed by atoms with van der Waals surface area (Å²) < 4.78 is 22.5. The van der Waals surface area contributed by atoms with Gasteiger partial charge in [-0.3, -0.25) is 0 Å². The fourth-order valence-electron chi connectivity index (χ4n) is 2.42. The van der Waals surface area contributed by atoms with Crippen LogP contribution in [0.5, 0.6) is 0 Å². The minimum absolute atomic E-state index is 0.0266. The fraction of sp³-hybridized carbons (Fsp3) is 1.00. The molecule has 2 fully saturated rings. The van der Waals surface area contributed by atoms with Crippen molar-refractivity contribution in [2.45, 2.75) is 25.0 Å². The Labute approximate surface area is 78.5 Å². The Morgan fingerprint density at radius 3 is 2.23 bits per heavy atom. The highest BCUT2D eigenvalue weighted by atomic mass is 32.2. The van der Waals surface area contributed by atoms with Crippen LogP contribution >= 0.6 is 0 Å². The van der Waals surface area contributed by atoms with Crippen molar-refractivity contribution >= 4 is 9.84 Å². The van der Waals surface area contributed by atoms with Gasteiger partial charge in [0, 0.05) is 12.8 Å². The van der Waals surface area contributed by atoms with Crippen LogP contribution < -0.4 is 4.90 Å². The minimum Gasteiger partial charge on any atom is -0.386 e. The van der Waals surface area contributed by atoms with E-state index in [9.17, 15) is 13.5 Å². The summed E-state index contributed by atoms with van der Waals surface area (Å²) in [4.78, 5) is 1.29. The Morgan fingerprint density at radius 2 is 1.77 bits per heavy atom. The smallest absolute Gasteiger partial charge is 0.159 e. The molecule has 2 aliphatic rings. The molecule has 2 atom stereocenters. The van der Waals surface area contributed by atoms with Crippen LogP contribution in [0.2, 0.25) is 0 Å². The zero-order valence-corrected chi connectivity index (χ0v) is 8.39. The molecule has 13 heavy (non-hydrogen) atoms. The lowest BCUT2D eigenvalue weighted by Gasteiger charge is -2.21. The quantitative estimate of drug-likeness (QED) is 0.513. The van der Waals surface area contributed by atoms with Crippen LogP contribution in [0.1, 0.15) is 12.8 Å². The van der Waals surface area contributed by atoms with Crippen molar-refractivity contribution in [3.8, 4) is 0 Å². The highest BCUT2D eigenvalue weighted by Gasteiger charge is 2.43. The van der Waals surface area contributed by atoms with Crippen molar-refractivity contribution in [1.29, 1.82) is 0 Å². The standard InChI is InChI=1S/C8H15NO3S/c10-8-6-13(11,12)5-7(8)9-3-1-2-4-9/h7-8,10H,1-6H2/p+1/t7-,8+/m1/s1. The van der Waals surface area contributed by atoms with E-state index in [0.717, 1.165) is 13.1 Å². The van der Waals surface area contributed by atoms with Crippen molar-refractivity contribution in [3.63, 3.8) is 0 Å². The van der Waals surface area contributed by atoms with Crippen molar-refractivity contribution in [2.75, 3.05) is 24.6 Å². The molecule has 2 rings (SSSR count). The normalized spacial score (nSPS) is 39.8. The zero-order chi connectivity index (χ0) is 9.47. The number of sulfone groups is 1. The third-order valence-corrected chi connectivity index (χ3v) is 4.81. The molecule has 5 heteroatoms. The molecule has 0 radical (unpaired) electrons. The van der Waals surface area contributed by atoms with Crippen LogP contribution in [0.25, 0.3) is 0 Å². The maximum absolute atomic E-state index is 11.2. The zero-order valence-electron chi connectivity index (χ0n) is 7.57. The number of hydrogen-bond donors (Lipinski definition) is 2. The second kappa shape index (κ2) is 3.22. The van der Waals surface area contributed by atoms with E-state index in [1.807, 2.05) is 0 Å². The summed E-state index contributed by atoms with van der Waals surface area (Å²) in [6.07, 6.45) is 1.70. The van der Waals surface area contributed by atoms with Gasteiger partial charge in [-0.25, -0.2) is 8.42 Å². The molecule has 0 bridgehead atoms. The molecule has 0 saturated carbocycles. The van der Waals surface area contributed by atoms with E-state index in [-0.39, 0.29) is 17.5 Å². The van der Waals surface area contributed by atoms with Gasteiger partial charge >= 0.3 is 0 Å². The van der Waals surface area contributed by atoms with Gasteiger partial charge in [0.2, 0.25) is 0 Å². The molecule has 0 aromatic carbocycles. The van der Waals surface area contributed by atoms with E-state index in [2.05, 4.69) is 0 Å². The lowest BCUT2D eigenvalue weighted by Crippen LogP contribution is -3.15. The van der Waals surface area contributed by atoms with Crippen molar-refractivity contribution < 1.29 is 18.4 Å². The molecule has 2 saturated heterocycles. The summed E-state index contributed by atoms with van der Waals surface area (Å²) >= 11 is 0. The van der Waals surface area contributed by atoms with Gasteiger partial charge in [0.15, 0.2) is 9.84 Å². The third-order valence-electron chi connectivity index (χ3n) is 3.09. The predicted octanol–water partition coefficient (Wildman–Crippen LogP) is -2.18. The topological polar surface area (TPSA) is 58.8 Å². The first-order chi connectivity index (χ1) is 6.08. The second-order valence-electron chi connectivity index (χ2n) is 4.12. The van der Waals surface area contributed by atoms with E-state index in [0.29, 0.717) is 0 Å². The lowest BCUT2D eigenvalue weighted by atomic mass is 10.2. The molecule has 0 amide bonds. The Bertz CT molecular complexity index is 282. The number of aliphatic hydroxyl groups is 1. The van der Waals surface area contributed by atoms with Gasteiger partial charge in [0.25, 0.3) is 0 Å². The largest absolute Gasteiger partial charge is 0.386 e. The molecular weight excluding hydrogens is 190 g/mol. The molecule has 0 aromatic heterocycles. The summed E-state index contributed by atoms with van der Waals surface area (Å²) in [5.74, 6) is 0.157. The van der Waals surface area contributed by atoms with E-state index in [1.54, 1.807) is 0 Å². The second-order valence-corrected chi connectivity index (χ2v) is 6.27. The summed E-state index contributed by atoms with van der Waals surface area (Å²) in [5.41, 5.74) is 0. The molecule has 0 unspecified atom stereocenters. The van der Waals surface area contributed by atoms with Gasteiger partial charge < -0.3 is 10.0 Å². The summed E-state index contributed by atoms with van der Waals surface area (Å²) in [7, 11) is -2.95. The van der Waals surface area contributed by atoms with Crippen molar-refractivity contribution in [2.24, 2.45) is 0 Å². The molecular formula is C8H16NO3S+. The fourth-order valence-corrected chi connectivity index (χ4v) is 4.31. The first kappa shape index (κ1) is 9.43. The number of nitrogens with one attached hydrogen (secondary N) is 1.